The van der Waals surface area contributed by atoms with Gasteiger partial charge < -0.3 is 19.1 Å². The van der Waals surface area contributed by atoms with Crippen LogP contribution in [0.4, 0.5) is 5.95 Å². The Labute approximate surface area is 203 Å². The van der Waals surface area contributed by atoms with E-state index in [2.05, 4.69) is 30.0 Å². The molecule has 5 rings (SSSR count). The molecule has 3 aromatic rings. The highest BCUT2D eigenvalue weighted by molar-refractivity contribution is 5.55. The Morgan fingerprint density at radius 3 is 2.69 bits per heavy atom. The molecule has 35 heavy (non-hydrogen) atoms. The van der Waals surface area contributed by atoms with E-state index >= 15 is 0 Å². The minimum absolute atomic E-state index is 0.173. The van der Waals surface area contributed by atoms with E-state index in [1.807, 2.05) is 13.2 Å². The lowest BCUT2D eigenvalue weighted by molar-refractivity contribution is 0.0260. The highest BCUT2D eigenvalue weighted by atomic mass is 16.5. The van der Waals surface area contributed by atoms with Crippen LogP contribution in [-0.2, 0) is 23.1 Å². The minimum Gasteiger partial charge on any atom is -0.489 e. The second-order valence-electron chi connectivity index (χ2n) is 8.60. The van der Waals surface area contributed by atoms with Gasteiger partial charge in [-0.15, -0.1) is 0 Å². The second-order valence-corrected chi connectivity index (χ2v) is 8.60. The number of anilines is 1. The Morgan fingerprint density at radius 1 is 1.09 bits per heavy atom. The van der Waals surface area contributed by atoms with Gasteiger partial charge in [0.25, 0.3) is 5.56 Å². The van der Waals surface area contributed by atoms with Crippen LogP contribution in [0.3, 0.4) is 0 Å². The first-order valence-corrected chi connectivity index (χ1v) is 11.8. The number of rotatable bonds is 8. The van der Waals surface area contributed by atoms with Gasteiger partial charge in [-0.25, -0.2) is 14.6 Å². The quantitative estimate of drug-likeness (QED) is 0.436. The first-order valence-electron chi connectivity index (χ1n) is 11.8. The van der Waals surface area contributed by atoms with Crippen molar-refractivity contribution in [1.29, 1.82) is 0 Å². The van der Waals surface area contributed by atoms with Crippen LogP contribution in [0.2, 0.25) is 0 Å². The molecule has 12 heteroatoms. The van der Waals surface area contributed by atoms with E-state index in [-0.39, 0.29) is 11.7 Å². The molecule has 0 aromatic carbocycles. The SMILES string of the molecule is Cn1cc(-c2ccc(=O)n(C[C@@H]3CN(c4ncc(OCCN5CCOCC5)cn4)CCO3)n2)cn1. The molecule has 0 amide bonds. The molecule has 0 unspecified atom stereocenters. The zero-order chi connectivity index (χ0) is 24.0. The van der Waals surface area contributed by atoms with Crippen LogP contribution in [-0.4, -0.2) is 99.7 Å². The summed E-state index contributed by atoms with van der Waals surface area (Å²) in [4.78, 5) is 25.8. The molecule has 5 heterocycles. The molecule has 3 aromatic heterocycles. The van der Waals surface area contributed by atoms with E-state index < -0.39 is 0 Å². The third-order valence-corrected chi connectivity index (χ3v) is 6.06. The summed E-state index contributed by atoms with van der Waals surface area (Å²) in [6.45, 7) is 6.95. The summed E-state index contributed by atoms with van der Waals surface area (Å²) in [5, 5.41) is 8.69. The van der Waals surface area contributed by atoms with E-state index in [1.165, 1.54) is 10.7 Å². The summed E-state index contributed by atoms with van der Waals surface area (Å²) in [5.41, 5.74) is 1.37. The van der Waals surface area contributed by atoms with E-state index in [0.29, 0.717) is 50.2 Å². The normalized spacial score (nSPS) is 19.1. The van der Waals surface area contributed by atoms with Gasteiger partial charge in [-0.05, 0) is 6.07 Å². The van der Waals surface area contributed by atoms with Crippen LogP contribution in [0.15, 0.2) is 41.7 Å². The Bertz CT molecular complexity index is 1160. The van der Waals surface area contributed by atoms with Crippen molar-refractivity contribution in [2.75, 3.05) is 64.1 Å². The van der Waals surface area contributed by atoms with Crippen LogP contribution in [0.5, 0.6) is 5.75 Å². The van der Waals surface area contributed by atoms with Crippen molar-refractivity contribution in [1.82, 2.24) is 34.4 Å². The topological polar surface area (TPSA) is 113 Å². The summed E-state index contributed by atoms with van der Waals surface area (Å²) in [7, 11) is 1.84. The molecule has 2 aliphatic rings. The smallest absolute Gasteiger partial charge is 0.266 e. The maximum atomic E-state index is 12.4. The van der Waals surface area contributed by atoms with Gasteiger partial charge in [-0.1, -0.05) is 0 Å². The second kappa shape index (κ2) is 10.9. The summed E-state index contributed by atoms with van der Waals surface area (Å²) in [6, 6.07) is 3.24. The molecule has 0 spiro atoms. The molecular formula is C23H30N8O4. The number of nitrogens with zero attached hydrogens (tertiary/aromatic N) is 8. The van der Waals surface area contributed by atoms with Gasteiger partial charge in [0.2, 0.25) is 5.95 Å². The first kappa shape index (κ1) is 23.4. The molecule has 0 aliphatic carbocycles. The fourth-order valence-electron chi connectivity index (χ4n) is 4.16. The van der Waals surface area contributed by atoms with Gasteiger partial charge in [-0.3, -0.25) is 14.4 Å². The van der Waals surface area contributed by atoms with Gasteiger partial charge in [0, 0.05) is 57.6 Å². The maximum Gasteiger partial charge on any atom is 0.266 e. The largest absolute Gasteiger partial charge is 0.489 e. The molecule has 2 fully saturated rings. The summed E-state index contributed by atoms with van der Waals surface area (Å²) in [5.74, 6) is 1.26. The number of aryl methyl sites for hydroxylation is 1. The molecule has 0 saturated carbocycles. The van der Waals surface area contributed by atoms with Crippen LogP contribution in [0.1, 0.15) is 0 Å². The summed E-state index contributed by atoms with van der Waals surface area (Å²) >= 11 is 0. The fourth-order valence-corrected chi connectivity index (χ4v) is 4.16. The van der Waals surface area contributed by atoms with Gasteiger partial charge in [-0.2, -0.15) is 10.2 Å². The Balaban J connectivity index is 1.17. The van der Waals surface area contributed by atoms with E-state index in [1.54, 1.807) is 29.3 Å². The third kappa shape index (κ3) is 6.02. The third-order valence-electron chi connectivity index (χ3n) is 6.06. The van der Waals surface area contributed by atoms with Gasteiger partial charge >= 0.3 is 0 Å². The number of ether oxygens (including phenoxy) is 3. The fraction of sp³-hybridized carbons (Fsp3) is 0.522. The molecule has 0 radical (unpaired) electrons. The lowest BCUT2D eigenvalue weighted by atomic mass is 10.2. The monoisotopic (exact) mass is 482 g/mol. The van der Waals surface area contributed by atoms with E-state index in [4.69, 9.17) is 14.2 Å². The standard InChI is InChI=1S/C23H30N8O4/c1-28-15-18(12-26-28)21-2-3-22(32)31(27-21)17-20-16-30(7-11-35-20)23-24-13-19(14-25-23)34-10-6-29-4-8-33-9-5-29/h2-3,12-15,20H,4-11,16-17H2,1H3/t20-/m0/s1. The molecule has 2 saturated heterocycles. The van der Waals surface area contributed by atoms with Crippen LogP contribution < -0.4 is 15.2 Å². The van der Waals surface area contributed by atoms with Crippen LogP contribution in [0, 0.1) is 0 Å². The highest BCUT2D eigenvalue weighted by Gasteiger charge is 2.24. The average molecular weight is 483 g/mol. The van der Waals surface area contributed by atoms with E-state index in [9.17, 15) is 4.79 Å². The Morgan fingerprint density at radius 2 is 1.91 bits per heavy atom. The van der Waals surface area contributed by atoms with Crippen molar-refractivity contribution in [3.8, 4) is 17.0 Å². The Hall–Kier alpha value is -3.35. The predicted molar refractivity (Wildman–Crippen MR) is 127 cm³/mol. The van der Waals surface area contributed by atoms with Crippen molar-refractivity contribution in [3.63, 3.8) is 0 Å². The average Bonchev–Trinajstić information content (AvgIpc) is 3.33. The number of morpholine rings is 2. The highest BCUT2D eigenvalue weighted by Crippen LogP contribution is 2.17. The van der Waals surface area contributed by atoms with E-state index in [0.717, 1.165) is 38.4 Å². The molecule has 186 valence electrons. The van der Waals surface area contributed by atoms with Gasteiger partial charge in [0.1, 0.15) is 6.61 Å². The molecule has 0 N–H and O–H groups in total. The summed E-state index contributed by atoms with van der Waals surface area (Å²) in [6.07, 6.45) is 6.78. The van der Waals surface area contributed by atoms with Gasteiger partial charge in [0.05, 0.1) is 56.8 Å². The van der Waals surface area contributed by atoms with Crippen molar-refractivity contribution >= 4 is 5.95 Å². The molecule has 0 bridgehead atoms. The Kier molecular flexibility index (Phi) is 7.31. The predicted octanol–water partition coefficient (Wildman–Crippen LogP) is 0.0502. The lowest BCUT2D eigenvalue weighted by Gasteiger charge is -2.33. The van der Waals surface area contributed by atoms with Crippen molar-refractivity contribution in [3.05, 3.63) is 47.3 Å². The van der Waals surface area contributed by atoms with Crippen molar-refractivity contribution < 1.29 is 14.2 Å². The molecule has 2 aliphatic heterocycles. The lowest BCUT2D eigenvalue weighted by Crippen LogP contribution is -2.46. The van der Waals surface area contributed by atoms with Gasteiger partial charge in [0.15, 0.2) is 5.75 Å². The first-order chi connectivity index (χ1) is 17.1. The molecule has 12 nitrogen and oxygen atoms in total. The number of hydrogen-bond donors (Lipinski definition) is 0. The van der Waals surface area contributed by atoms with Crippen LogP contribution in [0.25, 0.3) is 11.3 Å². The zero-order valence-electron chi connectivity index (χ0n) is 19.8. The van der Waals surface area contributed by atoms with Crippen LogP contribution >= 0.6 is 0 Å². The molecular weight excluding hydrogens is 452 g/mol. The van der Waals surface area contributed by atoms with Crippen molar-refractivity contribution in [2.24, 2.45) is 7.05 Å². The number of hydrogen-bond acceptors (Lipinski definition) is 10. The molecule has 1 atom stereocenters. The minimum atomic E-state index is -0.217. The zero-order valence-corrected chi connectivity index (χ0v) is 19.8. The summed E-state index contributed by atoms with van der Waals surface area (Å²) < 4.78 is 20.2. The maximum absolute atomic E-state index is 12.4. The van der Waals surface area contributed by atoms with Crippen molar-refractivity contribution in [2.45, 2.75) is 12.6 Å². The number of aromatic nitrogens is 6.